The van der Waals surface area contributed by atoms with E-state index in [2.05, 4.69) is 14.9 Å². The van der Waals surface area contributed by atoms with Gasteiger partial charge in [0.1, 0.15) is 10.3 Å². The highest BCUT2D eigenvalue weighted by Gasteiger charge is 2.32. The molecule has 6 rings (SSSR count). The van der Waals surface area contributed by atoms with E-state index in [0.717, 1.165) is 39.3 Å². The Bertz CT molecular complexity index is 1390. The van der Waals surface area contributed by atoms with Gasteiger partial charge in [0.25, 0.3) is 11.8 Å². The summed E-state index contributed by atoms with van der Waals surface area (Å²) in [6.07, 6.45) is 2.51. The molecule has 1 fully saturated rings. The molecule has 4 aromatic rings. The van der Waals surface area contributed by atoms with Crippen LogP contribution in [0, 0.1) is 0 Å². The van der Waals surface area contributed by atoms with Gasteiger partial charge < -0.3 is 9.80 Å². The largest absolute Gasteiger partial charge is 0.344 e. The molecule has 176 valence electrons. The molecule has 0 aliphatic carbocycles. The lowest BCUT2D eigenvalue weighted by Gasteiger charge is -2.34. The van der Waals surface area contributed by atoms with Crippen LogP contribution < -0.4 is 4.90 Å². The fraction of sp³-hybridized carbons (Fsp3) is 0.269. The van der Waals surface area contributed by atoms with E-state index in [1.165, 1.54) is 4.90 Å². The van der Waals surface area contributed by atoms with E-state index in [4.69, 9.17) is 0 Å². The zero-order chi connectivity index (χ0) is 23.9. The number of amides is 3. The van der Waals surface area contributed by atoms with Gasteiger partial charge in [0.05, 0.1) is 0 Å². The lowest BCUT2D eigenvalue weighted by atomic mass is 9.94. The molecule has 0 atom stereocenters. The van der Waals surface area contributed by atoms with Crippen molar-refractivity contribution in [2.75, 3.05) is 37.6 Å². The van der Waals surface area contributed by atoms with Gasteiger partial charge in [-0.05, 0) is 36.1 Å². The van der Waals surface area contributed by atoms with Crippen LogP contribution in [0.15, 0.2) is 54.7 Å². The van der Waals surface area contributed by atoms with Crippen molar-refractivity contribution in [1.29, 1.82) is 0 Å². The summed E-state index contributed by atoms with van der Waals surface area (Å²) in [4.78, 5) is 54.2. The third-order valence-electron chi connectivity index (χ3n) is 6.69. The second-order valence-corrected chi connectivity index (χ2v) is 9.72. The number of carbonyl (C=O) groups is 3. The number of hydrogen-bond acceptors (Lipinski definition) is 7. The molecule has 1 saturated heterocycles. The molecule has 4 heterocycles. The second-order valence-electron chi connectivity index (χ2n) is 8.77. The molecule has 0 bridgehead atoms. The molecule has 2 aromatic heterocycles. The smallest absolute Gasteiger partial charge is 0.261 e. The van der Waals surface area contributed by atoms with Gasteiger partial charge in [-0.2, -0.15) is 0 Å². The van der Waals surface area contributed by atoms with Crippen LogP contribution in [0.1, 0.15) is 33.6 Å². The van der Waals surface area contributed by atoms with E-state index in [1.54, 1.807) is 29.7 Å². The fourth-order valence-electron chi connectivity index (χ4n) is 4.87. The number of rotatable bonds is 5. The number of thiazole rings is 1. The molecule has 2 aliphatic rings. The van der Waals surface area contributed by atoms with Gasteiger partial charge >= 0.3 is 0 Å². The van der Waals surface area contributed by atoms with Crippen LogP contribution in [-0.4, -0.2) is 70.2 Å². The highest BCUT2D eigenvalue weighted by atomic mass is 32.1. The Morgan fingerprint density at radius 3 is 2.31 bits per heavy atom. The van der Waals surface area contributed by atoms with E-state index in [1.807, 2.05) is 41.3 Å². The number of hydrogen-bond donors (Lipinski definition) is 0. The number of carbonyl (C=O) groups excluding carboxylic acids is 3. The Morgan fingerprint density at radius 1 is 0.914 bits per heavy atom. The Morgan fingerprint density at radius 2 is 1.63 bits per heavy atom. The number of nitrogens with zero attached hydrogens (tertiary/aromatic N) is 5. The quantitative estimate of drug-likeness (QED) is 0.402. The summed E-state index contributed by atoms with van der Waals surface area (Å²) in [5, 5.41) is 2.54. The van der Waals surface area contributed by atoms with Gasteiger partial charge in [-0.1, -0.05) is 35.6 Å². The van der Waals surface area contributed by atoms with E-state index < -0.39 is 0 Å². The Balaban J connectivity index is 1.05. The Labute approximate surface area is 205 Å². The first-order valence-corrected chi connectivity index (χ1v) is 12.5. The molecule has 8 nitrogen and oxygen atoms in total. The van der Waals surface area contributed by atoms with E-state index >= 15 is 0 Å². The van der Waals surface area contributed by atoms with Crippen LogP contribution in [-0.2, 0) is 4.79 Å². The lowest BCUT2D eigenvalue weighted by molar-refractivity contribution is -0.131. The van der Waals surface area contributed by atoms with Crippen molar-refractivity contribution in [1.82, 2.24) is 19.8 Å². The molecular weight excluding hydrogens is 462 g/mol. The predicted octanol–water partition coefficient (Wildman–Crippen LogP) is 3.57. The fourth-order valence-corrected chi connectivity index (χ4v) is 5.83. The topological polar surface area (TPSA) is 86.7 Å². The third kappa shape index (κ3) is 3.81. The van der Waals surface area contributed by atoms with Crippen molar-refractivity contribution >= 4 is 55.3 Å². The van der Waals surface area contributed by atoms with E-state index in [-0.39, 0.29) is 24.3 Å². The molecule has 0 saturated carbocycles. The van der Waals surface area contributed by atoms with Crippen molar-refractivity contribution in [2.45, 2.75) is 12.8 Å². The minimum Gasteiger partial charge on any atom is -0.344 e. The SMILES string of the molecule is O=C(CCCN1C(=O)c2cccc3cccc(c23)C1=O)N1CCN(c2nc3cccnc3s2)CC1. The summed E-state index contributed by atoms with van der Waals surface area (Å²) in [5.41, 5.74) is 1.99. The molecular formula is C26H23N5O3S. The minimum absolute atomic E-state index is 0.0509. The molecule has 0 radical (unpaired) electrons. The summed E-state index contributed by atoms with van der Waals surface area (Å²) in [7, 11) is 0. The summed E-state index contributed by atoms with van der Waals surface area (Å²) < 4.78 is 0. The molecule has 3 amide bonds. The second kappa shape index (κ2) is 8.74. The molecule has 0 N–H and O–H groups in total. The van der Waals surface area contributed by atoms with Crippen molar-refractivity contribution in [3.63, 3.8) is 0 Å². The molecule has 35 heavy (non-hydrogen) atoms. The van der Waals surface area contributed by atoms with Gasteiger partial charge in [-0.25, -0.2) is 9.97 Å². The zero-order valence-electron chi connectivity index (χ0n) is 19.0. The van der Waals surface area contributed by atoms with Crippen LogP contribution >= 0.6 is 11.3 Å². The maximum Gasteiger partial charge on any atom is 0.261 e. The maximum atomic E-state index is 13.0. The Kier molecular flexibility index (Phi) is 5.41. The van der Waals surface area contributed by atoms with E-state index in [0.29, 0.717) is 37.1 Å². The van der Waals surface area contributed by atoms with Gasteiger partial charge in [0.2, 0.25) is 5.91 Å². The van der Waals surface area contributed by atoms with Crippen molar-refractivity contribution in [3.8, 4) is 0 Å². The first-order chi connectivity index (χ1) is 17.1. The summed E-state index contributed by atoms with van der Waals surface area (Å²) >= 11 is 1.57. The van der Waals surface area contributed by atoms with Crippen LogP contribution in [0.25, 0.3) is 21.1 Å². The Hall–Kier alpha value is -3.85. The number of imide groups is 1. The minimum atomic E-state index is -0.286. The average Bonchev–Trinajstić information content (AvgIpc) is 3.33. The van der Waals surface area contributed by atoms with Gasteiger partial charge in [0.15, 0.2) is 5.13 Å². The molecule has 0 unspecified atom stereocenters. The monoisotopic (exact) mass is 485 g/mol. The lowest BCUT2D eigenvalue weighted by Crippen LogP contribution is -2.49. The molecule has 2 aliphatic heterocycles. The van der Waals surface area contributed by atoms with Crippen LogP contribution in [0.4, 0.5) is 5.13 Å². The van der Waals surface area contributed by atoms with Crippen LogP contribution in [0.2, 0.25) is 0 Å². The van der Waals surface area contributed by atoms with E-state index in [9.17, 15) is 14.4 Å². The number of benzene rings is 2. The number of aromatic nitrogens is 2. The predicted molar refractivity (Wildman–Crippen MR) is 135 cm³/mol. The average molecular weight is 486 g/mol. The van der Waals surface area contributed by atoms with Crippen molar-refractivity contribution in [2.24, 2.45) is 0 Å². The molecule has 9 heteroatoms. The summed E-state index contributed by atoms with van der Waals surface area (Å²) in [6.45, 7) is 2.91. The first kappa shape index (κ1) is 21.7. The van der Waals surface area contributed by atoms with Crippen molar-refractivity contribution in [3.05, 3.63) is 65.9 Å². The summed E-state index contributed by atoms with van der Waals surface area (Å²) in [5.74, 6) is -0.522. The van der Waals surface area contributed by atoms with Gasteiger partial charge in [0, 0.05) is 61.9 Å². The number of piperazine rings is 1. The number of anilines is 1. The normalized spacial score (nSPS) is 15.9. The zero-order valence-corrected chi connectivity index (χ0v) is 19.8. The van der Waals surface area contributed by atoms with Crippen LogP contribution in [0.3, 0.4) is 0 Å². The third-order valence-corrected chi connectivity index (χ3v) is 7.73. The highest BCUT2D eigenvalue weighted by Crippen LogP contribution is 2.30. The first-order valence-electron chi connectivity index (χ1n) is 11.7. The standard InChI is InChI=1S/C26H23N5O3S/c32-21(29-13-15-30(16-14-29)26-28-20-9-3-11-27-23(20)35-26)10-4-12-31-24(33)18-7-1-5-17-6-2-8-19(22(17)18)25(31)34/h1-3,5-9,11H,4,10,12-16H2. The van der Waals surface area contributed by atoms with Gasteiger partial charge in [-0.3, -0.25) is 19.3 Å². The summed E-state index contributed by atoms with van der Waals surface area (Å²) in [6, 6.07) is 14.9. The van der Waals surface area contributed by atoms with Gasteiger partial charge in [-0.15, -0.1) is 0 Å². The number of pyridine rings is 1. The maximum absolute atomic E-state index is 13.0. The van der Waals surface area contributed by atoms with Crippen LogP contribution in [0.5, 0.6) is 0 Å². The highest BCUT2D eigenvalue weighted by molar-refractivity contribution is 7.21. The number of fused-ring (bicyclic) bond motifs is 1. The molecule has 2 aromatic carbocycles. The molecule has 0 spiro atoms. The van der Waals surface area contributed by atoms with Crippen molar-refractivity contribution < 1.29 is 14.4 Å².